The number of aryl methyl sites for hydroxylation is 1. The van der Waals surface area contributed by atoms with Gasteiger partial charge >= 0.3 is 0 Å². The summed E-state index contributed by atoms with van der Waals surface area (Å²) < 4.78 is 5.33. The maximum Gasteiger partial charge on any atom is 0.254 e. The van der Waals surface area contributed by atoms with Gasteiger partial charge in [-0.15, -0.1) is 12.4 Å². The Morgan fingerprint density at radius 3 is 2.52 bits per heavy atom. The van der Waals surface area contributed by atoms with Crippen molar-refractivity contribution in [3.8, 4) is 5.75 Å². The van der Waals surface area contributed by atoms with Crippen molar-refractivity contribution in [3.05, 3.63) is 29.3 Å². The summed E-state index contributed by atoms with van der Waals surface area (Å²) in [6.07, 6.45) is 3.02. The van der Waals surface area contributed by atoms with Crippen LogP contribution in [0.2, 0.25) is 0 Å². The molecule has 2 amide bonds. The van der Waals surface area contributed by atoms with Crippen molar-refractivity contribution >= 4 is 24.2 Å². The molecule has 2 aliphatic rings. The first kappa shape index (κ1) is 23.5. The van der Waals surface area contributed by atoms with Gasteiger partial charge in [0.15, 0.2) is 0 Å². The number of piperazine rings is 1. The molecule has 29 heavy (non-hydrogen) atoms. The van der Waals surface area contributed by atoms with Crippen molar-refractivity contribution in [3.63, 3.8) is 0 Å². The van der Waals surface area contributed by atoms with Crippen LogP contribution in [0.25, 0.3) is 0 Å². The minimum absolute atomic E-state index is 0. The molecule has 2 heterocycles. The van der Waals surface area contributed by atoms with Crippen LogP contribution in [0.3, 0.4) is 0 Å². The van der Waals surface area contributed by atoms with Crippen LogP contribution in [0.15, 0.2) is 18.2 Å². The fourth-order valence-electron chi connectivity index (χ4n) is 4.23. The van der Waals surface area contributed by atoms with E-state index in [2.05, 4.69) is 12.2 Å². The number of methoxy groups -OCH3 is 1. The lowest BCUT2D eigenvalue weighted by Gasteiger charge is -2.36. The molecular formula is C22H34ClN3O3. The monoisotopic (exact) mass is 423 g/mol. The van der Waals surface area contributed by atoms with Gasteiger partial charge in [-0.3, -0.25) is 9.59 Å². The summed E-state index contributed by atoms with van der Waals surface area (Å²) in [5.41, 5.74) is 1.65. The zero-order chi connectivity index (χ0) is 20.1. The summed E-state index contributed by atoms with van der Waals surface area (Å²) >= 11 is 0. The number of carbonyl (C=O) groups excluding carboxylic acids is 2. The number of rotatable bonds is 5. The van der Waals surface area contributed by atoms with Gasteiger partial charge in [-0.25, -0.2) is 0 Å². The smallest absolute Gasteiger partial charge is 0.254 e. The number of hydrogen-bond donors (Lipinski definition) is 1. The molecule has 0 spiro atoms. The second kappa shape index (κ2) is 10.8. The van der Waals surface area contributed by atoms with Crippen LogP contribution in [-0.2, 0) is 4.79 Å². The fraction of sp³-hybridized carbons (Fsp3) is 0.636. The Morgan fingerprint density at radius 1 is 1.21 bits per heavy atom. The molecule has 2 unspecified atom stereocenters. The molecule has 0 radical (unpaired) electrons. The number of hydrogen-bond acceptors (Lipinski definition) is 4. The van der Waals surface area contributed by atoms with Crippen LogP contribution in [0.5, 0.6) is 5.75 Å². The van der Waals surface area contributed by atoms with Crippen LogP contribution >= 0.6 is 12.4 Å². The average molecular weight is 424 g/mol. The van der Waals surface area contributed by atoms with Crippen LogP contribution in [0.1, 0.15) is 42.1 Å². The molecule has 0 saturated carbocycles. The lowest BCUT2D eigenvalue weighted by Crippen LogP contribution is -2.51. The fourth-order valence-corrected chi connectivity index (χ4v) is 4.23. The number of benzene rings is 1. The largest absolute Gasteiger partial charge is 0.496 e. The second-order valence-corrected chi connectivity index (χ2v) is 8.15. The van der Waals surface area contributed by atoms with E-state index >= 15 is 0 Å². The maximum atomic E-state index is 12.8. The Labute approximate surface area is 180 Å². The molecule has 3 rings (SSSR count). The van der Waals surface area contributed by atoms with Gasteiger partial charge in [0.1, 0.15) is 5.75 Å². The molecule has 7 heteroatoms. The lowest BCUT2D eigenvalue weighted by molar-refractivity contribution is -0.134. The third kappa shape index (κ3) is 5.86. The topological polar surface area (TPSA) is 61.9 Å². The van der Waals surface area contributed by atoms with Crippen molar-refractivity contribution in [2.24, 2.45) is 11.8 Å². The van der Waals surface area contributed by atoms with Gasteiger partial charge in [0, 0.05) is 38.2 Å². The molecule has 6 nitrogen and oxygen atoms in total. The molecule has 0 aromatic heterocycles. The summed E-state index contributed by atoms with van der Waals surface area (Å²) in [7, 11) is 1.62. The van der Waals surface area contributed by atoms with Crippen molar-refractivity contribution in [2.45, 2.75) is 33.1 Å². The molecule has 2 atom stereocenters. The number of nitrogens with one attached hydrogen (secondary N) is 1. The first-order chi connectivity index (χ1) is 13.5. The zero-order valence-corrected chi connectivity index (χ0v) is 18.6. The molecule has 162 valence electrons. The number of nitrogens with zero attached hydrogens (tertiary/aromatic N) is 2. The van der Waals surface area contributed by atoms with Crippen molar-refractivity contribution in [1.82, 2.24) is 15.1 Å². The highest BCUT2D eigenvalue weighted by molar-refractivity contribution is 5.95. The molecular weight excluding hydrogens is 390 g/mol. The SMILES string of the molecule is COc1cc(C(=O)N2CCN(C(=O)CC(C)C3CCCNC3)CC2)ccc1C.Cl. The minimum Gasteiger partial charge on any atom is -0.496 e. The molecule has 0 aliphatic carbocycles. The third-order valence-corrected chi connectivity index (χ3v) is 6.21. The van der Waals surface area contributed by atoms with E-state index in [0.717, 1.165) is 24.4 Å². The predicted molar refractivity (Wildman–Crippen MR) is 117 cm³/mol. The maximum absolute atomic E-state index is 12.8. The van der Waals surface area contributed by atoms with Gasteiger partial charge in [-0.2, -0.15) is 0 Å². The first-order valence-corrected chi connectivity index (χ1v) is 10.4. The molecule has 2 aliphatic heterocycles. The third-order valence-electron chi connectivity index (χ3n) is 6.21. The van der Waals surface area contributed by atoms with E-state index in [0.29, 0.717) is 50.0 Å². The Kier molecular flexibility index (Phi) is 8.78. The molecule has 1 aromatic carbocycles. The summed E-state index contributed by atoms with van der Waals surface area (Å²) in [6.45, 7) is 8.67. The van der Waals surface area contributed by atoms with E-state index in [1.807, 2.05) is 28.9 Å². The van der Waals surface area contributed by atoms with Crippen LogP contribution in [0.4, 0.5) is 0 Å². The summed E-state index contributed by atoms with van der Waals surface area (Å²) in [4.78, 5) is 29.3. The average Bonchev–Trinajstić information content (AvgIpc) is 2.74. The normalized spacial score (nSPS) is 20.6. The Bertz CT molecular complexity index is 699. The molecule has 1 aromatic rings. The highest BCUT2D eigenvalue weighted by Gasteiger charge is 2.28. The summed E-state index contributed by atoms with van der Waals surface area (Å²) in [5.74, 6) is 1.96. The standard InChI is InChI=1S/C22H33N3O3.ClH/c1-16-6-7-18(14-20(16)28-3)22(27)25-11-9-24(10-12-25)21(26)13-17(2)19-5-4-8-23-15-19;/h6-7,14,17,19,23H,4-5,8-13,15H2,1-3H3;1H. The van der Waals surface area contributed by atoms with Crippen LogP contribution in [-0.4, -0.2) is 68.0 Å². The number of carbonyl (C=O) groups is 2. The van der Waals surface area contributed by atoms with Crippen molar-refractivity contribution < 1.29 is 14.3 Å². The van der Waals surface area contributed by atoms with E-state index in [-0.39, 0.29) is 24.2 Å². The van der Waals surface area contributed by atoms with Crippen molar-refractivity contribution in [1.29, 1.82) is 0 Å². The molecule has 2 fully saturated rings. The predicted octanol–water partition coefficient (Wildman–Crippen LogP) is 2.74. The number of amides is 2. The van der Waals surface area contributed by atoms with E-state index in [1.54, 1.807) is 13.2 Å². The van der Waals surface area contributed by atoms with Gasteiger partial charge < -0.3 is 19.9 Å². The molecule has 2 saturated heterocycles. The molecule has 1 N–H and O–H groups in total. The second-order valence-electron chi connectivity index (χ2n) is 8.15. The van der Waals surface area contributed by atoms with E-state index < -0.39 is 0 Å². The first-order valence-electron chi connectivity index (χ1n) is 10.4. The number of piperidine rings is 1. The van der Waals surface area contributed by atoms with Gasteiger partial charge in [-0.05, 0) is 62.4 Å². The van der Waals surface area contributed by atoms with Gasteiger partial charge in [-0.1, -0.05) is 13.0 Å². The zero-order valence-electron chi connectivity index (χ0n) is 17.8. The quantitative estimate of drug-likeness (QED) is 0.791. The summed E-state index contributed by atoms with van der Waals surface area (Å²) in [6, 6.07) is 5.56. The highest BCUT2D eigenvalue weighted by atomic mass is 35.5. The summed E-state index contributed by atoms with van der Waals surface area (Å²) in [5, 5.41) is 3.44. The highest BCUT2D eigenvalue weighted by Crippen LogP contribution is 2.24. The van der Waals surface area contributed by atoms with E-state index in [1.165, 1.54) is 12.8 Å². The van der Waals surface area contributed by atoms with Gasteiger partial charge in [0.05, 0.1) is 7.11 Å². The number of halogens is 1. The van der Waals surface area contributed by atoms with Crippen LogP contribution < -0.4 is 10.1 Å². The van der Waals surface area contributed by atoms with Gasteiger partial charge in [0.25, 0.3) is 5.91 Å². The van der Waals surface area contributed by atoms with Crippen molar-refractivity contribution in [2.75, 3.05) is 46.4 Å². The minimum atomic E-state index is 0. The van der Waals surface area contributed by atoms with E-state index in [9.17, 15) is 9.59 Å². The Balaban J connectivity index is 0.00000300. The van der Waals surface area contributed by atoms with E-state index in [4.69, 9.17) is 4.74 Å². The van der Waals surface area contributed by atoms with Gasteiger partial charge in [0.2, 0.25) is 5.91 Å². The Morgan fingerprint density at radius 2 is 1.90 bits per heavy atom. The number of ether oxygens (including phenoxy) is 1. The lowest BCUT2D eigenvalue weighted by atomic mass is 9.85. The van der Waals surface area contributed by atoms with Crippen LogP contribution in [0, 0.1) is 18.8 Å². The Hall–Kier alpha value is -1.79. The molecule has 0 bridgehead atoms.